The SMILES string of the molecule is CCNCCc1c(C)nn(C2(C)CCS(=O)(=O)C2)c1C. The first-order chi connectivity index (χ1) is 9.29. The van der Waals surface area contributed by atoms with E-state index in [1.54, 1.807) is 0 Å². The molecule has 1 unspecified atom stereocenters. The predicted molar refractivity (Wildman–Crippen MR) is 80.9 cm³/mol. The second-order valence-electron chi connectivity index (χ2n) is 6.00. The Morgan fingerprint density at radius 2 is 2.10 bits per heavy atom. The monoisotopic (exact) mass is 299 g/mol. The van der Waals surface area contributed by atoms with Crippen molar-refractivity contribution in [3.05, 3.63) is 17.0 Å². The molecule has 0 aliphatic carbocycles. The standard InChI is InChI=1S/C14H25N3O2S/c1-5-15-8-6-13-11(2)16-17(12(13)3)14(4)7-9-20(18,19)10-14/h15H,5-10H2,1-4H3. The maximum absolute atomic E-state index is 11.8. The topological polar surface area (TPSA) is 64.0 Å². The van der Waals surface area contributed by atoms with Crippen LogP contribution < -0.4 is 5.32 Å². The molecule has 0 spiro atoms. The van der Waals surface area contributed by atoms with Gasteiger partial charge < -0.3 is 5.32 Å². The number of rotatable bonds is 5. The number of hydrogen-bond donors (Lipinski definition) is 1. The van der Waals surface area contributed by atoms with Crippen LogP contribution in [0, 0.1) is 13.8 Å². The second-order valence-corrected chi connectivity index (χ2v) is 8.19. The van der Waals surface area contributed by atoms with Gasteiger partial charge in [0.05, 0.1) is 22.7 Å². The van der Waals surface area contributed by atoms with E-state index in [0.29, 0.717) is 6.42 Å². The molecule has 2 rings (SSSR count). The van der Waals surface area contributed by atoms with Crippen LogP contribution in [-0.4, -0.2) is 42.8 Å². The molecule has 1 aliphatic heterocycles. The molecule has 1 aliphatic rings. The van der Waals surface area contributed by atoms with Crippen LogP contribution in [0.2, 0.25) is 0 Å². The van der Waals surface area contributed by atoms with Gasteiger partial charge in [0.1, 0.15) is 0 Å². The Hall–Kier alpha value is -0.880. The van der Waals surface area contributed by atoms with Crippen LogP contribution in [0.5, 0.6) is 0 Å². The fourth-order valence-corrected chi connectivity index (χ4v) is 5.22. The summed E-state index contributed by atoms with van der Waals surface area (Å²) in [6, 6.07) is 0. The van der Waals surface area contributed by atoms with E-state index < -0.39 is 9.84 Å². The van der Waals surface area contributed by atoms with Gasteiger partial charge in [-0.15, -0.1) is 0 Å². The van der Waals surface area contributed by atoms with Gasteiger partial charge in [-0.3, -0.25) is 4.68 Å². The second kappa shape index (κ2) is 5.48. The quantitative estimate of drug-likeness (QED) is 0.830. The lowest BCUT2D eigenvalue weighted by molar-refractivity contribution is 0.320. The van der Waals surface area contributed by atoms with Crippen molar-refractivity contribution in [3.8, 4) is 0 Å². The molecule has 1 fully saturated rings. The molecule has 114 valence electrons. The third kappa shape index (κ3) is 2.91. The Morgan fingerprint density at radius 3 is 2.65 bits per heavy atom. The van der Waals surface area contributed by atoms with E-state index in [4.69, 9.17) is 0 Å². The lowest BCUT2D eigenvalue weighted by Crippen LogP contribution is -2.33. The van der Waals surface area contributed by atoms with Crippen LogP contribution in [0.15, 0.2) is 0 Å². The molecule has 5 nitrogen and oxygen atoms in total. The van der Waals surface area contributed by atoms with Crippen molar-refractivity contribution in [2.24, 2.45) is 0 Å². The number of nitrogens with one attached hydrogen (secondary N) is 1. The summed E-state index contributed by atoms with van der Waals surface area (Å²) in [6.45, 7) is 10.1. The van der Waals surface area contributed by atoms with Crippen molar-refractivity contribution in [3.63, 3.8) is 0 Å². The van der Waals surface area contributed by atoms with Crippen molar-refractivity contribution in [2.45, 2.75) is 46.1 Å². The molecular formula is C14H25N3O2S. The zero-order valence-electron chi connectivity index (χ0n) is 12.9. The molecule has 6 heteroatoms. The first kappa shape index (κ1) is 15.5. The summed E-state index contributed by atoms with van der Waals surface area (Å²) in [6.07, 6.45) is 1.60. The van der Waals surface area contributed by atoms with Crippen LogP contribution in [-0.2, 0) is 21.8 Å². The van der Waals surface area contributed by atoms with Gasteiger partial charge >= 0.3 is 0 Å². The predicted octanol–water partition coefficient (Wildman–Crippen LogP) is 1.19. The van der Waals surface area contributed by atoms with Gasteiger partial charge in [0.15, 0.2) is 9.84 Å². The highest BCUT2D eigenvalue weighted by atomic mass is 32.2. The van der Waals surface area contributed by atoms with Crippen LogP contribution in [0.3, 0.4) is 0 Å². The van der Waals surface area contributed by atoms with Crippen LogP contribution in [0.4, 0.5) is 0 Å². The number of likely N-dealkylation sites (N-methyl/N-ethyl adjacent to an activating group) is 1. The zero-order chi connectivity index (χ0) is 15.0. The summed E-state index contributed by atoms with van der Waals surface area (Å²) in [7, 11) is -2.92. The van der Waals surface area contributed by atoms with Crippen molar-refractivity contribution >= 4 is 9.84 Å². The van der Waals surface area contributed by atoms with Gasteiger partial charge in [0.25, 0.3) is 0 Å². The molecule has 0 radical (unpaired) electrons. The summed E-state index contributed by atoms with van der Waals surface area (Å²) in [5, 5.41) is 7.95. The van der Waals surface area contributed by atoms with E-state index in [1.165, 1.54) is 5.56 Å². The highest BCUT2D eigenvalue weighted by molar-refractivity contribution is 7.91. The molecule has 0 bridgehead atoms. The zero-order valence-corrected chi connectivity index (χ0v) is 13.7. The Kier molecular flexibility index (Phi) is 4.25. The molecule has 0 aromatic carbocycles. The van der Waals surface area contributed by atoms with E-state index in [0.717, 1.165) is 30.9 Å². The summed E-state index contributed by atoms with van der Waals surface area (Å²) >= 11 is 0. The minimum absolute atomic E-state index is 0.203. The molecule has 2 heterocycles. The molecule has 1 saturated heterocycles. The molecule has 1 N–H and O–H groups in total. The number of aryl methyl sites for hydroxylation is 1. The maximum atomic E-state index is 11.8. The average Bonchev–Trinajstić information content (AvgIpc) is 2.80. The minimum atomic E-state index is -2.92. The van der Waals surface area contributed by atoms with Gasteiger partial charge in [-0.1, -0.05) is 6.92 Å². The van der Waals surface area contributed by atoms with Crippen molar-refractivity contribution in [2.75, 3.05) is 24.6 Å². The minimum Gasteiger partial charge on any atom is -0.317 e. The van der Waals surface area contributed by atoms with Gasteiger partial charge in [-0.25, -0.2) is 8.42 Å². The molecule has 1 aromatic rings. The van der Waals surface area contributed by atoms with E-state index in [1.807, 2.05) is 18.5 Å². The van der Waals surface area contributed by atoms with E-state index in [-0.39, 0.29) is 17.0 Å². The largest absolute Gasteiger partial charge is 0.317 e. The fraction of sp³-hybridized carbons (Fsp3) is 0.786. The van der Waals surface area contributed by atoms with Crippen molar-refractivity contribution < 1.29 is 8.42 Å². The van der Waals surface area contributed by atoms with Gasteiger partial charge in [-0.05, 0) is 52.3 Å². The molecule has 0 saturated carbocycles. The number of sulfone groups is 1. The Balaban J connectivity index is 2.28. The van der Waals surface area contributed by atoms with Crippen LogP contribution in [0.25, 0.3) is 0 Å². The summed E-state index contributed by atoms with van der Waals surface area (Å²) < 4.78 is 25.5. The van der Waals surface area contributed by atoms with Gasteiger partial charge in [0, 0.05) is 5.69 Å². The van der Waals surface area contributed by atoms with E-state index >= 15 is 0 Å². The Labute approximate surface area is 121 Å². The van der Waals surface area contributed by atoms with E-state index in [9.17, 15) is 8.42 Å². The third-order valence-electron chi connectivity index (χ3n) is 4.24. The average molecular weight is 299 g/mol. The summed E-state index contributed by atoms with van der Waals surface area (Å²) in [5.74, 6) is 0.475. The fourth-order valence-electron chi connectivity index (χ4n) is 3.11. The normalized spacial score (nSPS) is 25.2. The highest BCUT2D eigenvalue weighted by Crippen LogP contribution is 2.32. The molecule has 20 heavy (non-hydrogen) atoms. The smallest absolute Gasteiger partial charge is 0.152 e. The number of hydrogen-bond acceptors (Lipinski definition) is 4. The first-order valence-corrected chi connectivity index (χ1v) is 9.08. The highest BCUT2D eigenvalue weighted by Gasteiger charge is 2.41. The maximum Gasteiger partial charge on any atom is 0.152 e. The molecule has 0 amide bonds. The summed E-state index contributed by atoms with van der Waals surface area (Å²) in [5.41, 5.74) is 2.99. The lowest BCUT2D eigenvalue weighted by Gasteiger charge is -2.24. The van der Waals surface area contributed by atoms with E-state index in [2.05, 4.69) is 24.3 Å². The van der Waals surface area contributed by atoms with Gasteiger partial charge in [0.2, 0.25) is 0 Å². The Bertz CT molecular complexity index is 592. The third-order valence-corrected chi connectivity index (χ3v) is 6.12. The summed E-state index contributed by atoms with van der Waals surface area (Å²) in [4.78, 5) is 0. The van der Waals surface area contributed by atoms with Crippen LogP contribution in [0.1, 0.15) is 37.2 Å². The Morgan fingerprint density at radius 1 is 1.40 bits per heavy atom. The molecule has 1 aromatic heterocycles. The molecular weight excluding hydrogens is 274 g/mol. The van der Waals surface area contributed by atoms with Gasteiger partial charge in [-0.2, -0.15) is 5.10 Å². The number of nitrogens with zero attached hydrogens (tertiary/aromatic N) is 2. The molecule has 1 atom stereocenters. The first-order valence-electron chi connectivity index (χ1n) is 7.26. The van der Waals surface area contributed by atoms with Crippen molar-refractivity contribution in [1.82, 2.24) is 15.1 Å². The van der Waals surface area contributed by atoms with Crippen molar-refractivity contribution in [1.29, 1.82) is 0 Å². The lowest BCUT2D eigenvalue weighted by atomic mass is 10.0. The van der Waals surface area contributed by atoms with Crippen LogP contribution >= 0.6 is 0 Å². The number of aromatic nitrogens is 2.